The first kappa shape index (κ1) is 23.5. The standard InChI is InChI=1S/C24H23F3N2O5/c25-24(26,27)34-18-10-4-1-6-14(18)12-29-16-8-3-2-7-15(23(28)32)21(16)22-17(29)9-5-11-19(22)33-13-20(30)31/h1,4-6,9-11,15H,2-3,7-8,12-13H2,(H2,28,32)(H,30,31). The van der Waals surface area contributed by atoms with E-state index in [4.69, 9.17) is 15.6 Å². The molecule has 180 valence electrons. The Labute approximate surface area is 192 Å². The number of hydrogen-bond donors (Lipinski definition) is 2. The van der Waals surface area contributed by atoms with Crippen molar-refractivity contribution < 1.29 is 37.3 Å². The van der Waals surface area contributed by atoms with Gasteiger partial charge in [0.2, 0.25) is 5.91 Å². The van der Waals surface area contributed by atoms with Gasteiger partial charge in [0.15, 0.2) is 6.61 Å². The number of amides is 1. The zero-order valence-corrected chi connectivity index (χ0v) is 18.1. The van der Waals surface area contributed by atoms with Crippen LogP contribution in [0.2, 0.25) is 0 Å². The number of carboxylic acid groups (broad SMARTS) is 1. The zero-order chi connectivity index (χ0) is 24.5. The number of carboxylic acids is 1. The number of carbonyl (C=O) groups excluding carboxylic acids is 1. The highest BCUT2D eigenvalue weighted by Gasteiger charge is 2.33. The summed E-state index contributed by atoms with van der Waals surface area (Å²) in [6.07, 6.45) is -2.24. The molecular weight excluding hydrogens is 453 g/mol. The molecule has 2 aromatic carbocycles. The van der Waals surface area contributed by atoms with Gasteiger partial charge in [-0.15, -0.1) is 13.2 Å². The van der Waals surface area contributed by atoms with Crippen molar-refractivity contribution in [1.82, 2.24) is 4.57 Å². The molecule has 1 heterocycles. The van der Waals surface area contributed by atoms with Gasteiger partial charge in [-0.2, -0.15) is 0 Å². The lowest BCUT2D eigenvalue weighted by molar-refractivity contribution is -0.274. The number of primary amides is 1. The lowest BCUT2D eigenvalue weighted by Gasteiger charge is -2.16. The van der Waals surface area contributed by atoms with Crippen LogP contribution >= 0.6 is 0 Å². The Hall–Kier alpha value is -3.69. The predicted molar refractivity (Wildman–Crippen MR) is 117 cm³/mol. The van der Waals surface area contributed by atoms with Gasteiger partial charge in [-0.05, 0) is 43.0 Å². The maximum Gasteiger partial charge on any atom is 0.573 e. The molecule has 1 aliphatic rings. The van der Waals surface area contributed by atoms with E-state index in [1.165, 1.54) is 12.1 Å². The number of rotatable bonds is 7. The lowest BCUT2D eigenvalue weighted by Crippen LogP contribution is -2.22. The number of aromatic nitrogens is 1. The molecule has 1 aliphatic carbocycles. The summed E-state index contributed by atoms with van der Waals surface area (Å²) in [4.78, 5) is 23.5. The van der Waals surface area contributed by atoms with Crippen LogP contribution in [0.25, 0.3) is 10.9 Å². The molecule has 1 unspecified atom stereocenters. The number of para-hydroxylation sites is 1. The summed E-state index contributed by atoms with van der Waals surface area (Å²) >= 11 is 0. The van der Waals surface area contributed by atoms with Crippen LogP contribution in [0.15, 0.2) is 42.5 Å². The topological polar surface area (TPSA) is 104 Å². The maximum atomic E-state index is 13.0. The second-order valence-electron chi connectivity index (χ2n) is 8.14. The molecule has 10 heteroatoms. The van der Waals surface area contributed by atoms with Crippen molar-refractivity contribution >= 4 is 22.8 Å². The molecule has 3 N–H and O–H groups in total. The lowest BCUT2D eigenvalue weighted by atomic mass is 9.92. The van der Waals surface area contributed by atoms with Crippen molar-refractivity contribution in [2.45, 2.75) is 44.5 Å². The second kappa shape index (κ2) is 9.28. The molecule has 34 heavy (non-hydrogen) atoms. The Morgan fingerprint density at radius 3 is 2.53 bits per heavy atom. The quantitative estimate of drug-likeness (QED) is 0.494. The molecule has 1 aromatic heterocycles. The highest BCUT2D eigenvalue weighted by atomic mass is 19.4. The van der Waals surface area contributed by atoms with Crippen LogP contribution in [0.4, 0.5) is 13.2 Å². The molecule has 0 fully saturated rings. The predicted octanol–water partition coefficient (Wildman–Crippen LogP) is 4.35. The van der Waals surface area contributed by atoms with E-state index in [2.05, 4.69) is 4.74 Å². The minimum absolute atomic E-state index is 0.0476. The third-order valence-corrected chi connectivity index (χ3v) is 5.93. The number of carbonyl (C=O) groups is 2. The summed E-state index contributed by atoms with van der Waals surface area (Å²) in [5.41, 5.74) is 8.07. The number of nitrogens with zero attached hydrogens (tertiary/aromatic N) is 1. The molecule has 0 aliphatic heterocycles. The summed E-state index contributed by atoms with van der Waals surface area (Å²) in [6.45, 7) is -0.533. The number of halogens is 3. The van der Waals surface area contributed by atoms with E-state index in [0.717, 1.165) is 18.5 Å². The monoisotopic (exact) mass is 476 g/mol. The Morgan fingerprint density at radius 1 is 1.09 bits per heavy atom. The Kier molecular flexibility index (Phi) is 6.41. The maximum absolute atomic E-state index is 13.0. The molecule has 0 saturated carbocycles. The van der Waals surface area contributed by atoms with Gasteiger partial charge in [0.05, 0.1) is 18.0 Å². The van der Waals surface area contributed by atoms with E-state index in [0.29, 0.717) is 34.9 Å². The summed E-state index contributed by atoms with van der Waals surface area (Å²) in [5.74, 6) is -2.34. The van der Waals surface area contributed by atoms with Crippen LogP contribution in [0.3, 0.4) is 0 Å². The molecule has 3 aromatic rings. The van der Waals surface area contributed by atoms with Gasteiger partial charge in [0.25, 0.3) is 0 Å². The number of nitrogens with two attached hydrogens (primary N) is 1. The average molecular weight is 476 g/mol. The summed E-state index contributed by atoms with van der Waals surface area (Å²) in [6, 6.07) is 10.9. The van der Waals surface area contributed by atoms with Crippen LogP contribution < -0.4 is 15.2 Å². The van der Waals surface area contributed by atoms with Gasteiger partial charge in [-0.25, -0.2) is 4.79 Å². The molecule has 0 radical (unpaired) electrons. The Morgan fingerprint density at radius 2 is 1.82 bits per heavy atom. The van der Waals surface area contributed by atoms with Gasteiger partial charge in [0.1, 0.15) is 11.5 Å². The van der Waals surface area contributed by atoms with E-state index in [-0.39, 0.29) is 18.0 Å². The summed E-state index contributed by atoms with van der Waals surface area (Å²) < 4.78 is 50.5. The SMILES string of the molecule is NC(=O)C1CCCCc2c1c1c(OCC(=O)O)cccc1n2Cc1ccccc1OC(F)(F)F. The van der Waals surface area contributed by atoms with Crippen molar-refractivity contribution in [1.29, 1.82) is 0 Å². The number of alkyl halides is 3. The minimum atomic E-state index is -4.85. The van der Waals surface area contributed by atoms with E-state index in [1.54, 1.807) is 30.3 Å². The molecule has 0 saturated heterocycles. The minimum Gasteiger partial charge on any atom is -0.481 e. The first-order valence-electron chi connectivity index (χ1n) is 10.8. The Bertz CT molecular complexity index is 1240. The highest BCUT2D eigenvalue weighted by Crippen LogP contribution is 2.43. The normalized spacial score (nSPS) is 16.0. The van der Waals surface area contributed by atoms with Gasteiger partial charge in [0, 0.05) is 16.6 Å². The van der Waals surface area contributed by atoms with Gasteiger partial charge in [-0.3, -0.25) is 4.79 Å². The Balaban J connectivity index is 1.92. The summed E-state index contributed by atoms with van der Waals surface area (Å²) in [5, 5.41) is 9.64. The van der Waals surface area contributed by atoms with Crippen LogP contribution in [0, 0.1) is 0 Å². The van der Waals surface area contributed by atoms with Gasteiger partial charge < -0.3 is 24.9 Å². The molecule has 1 atom stereocenters. The molecule has 7 nitrogen and oxygen atoms in total. The van der Waals surface area contributed by atoms with Gasteiger partial charge in [-0.1, -0.05) is 30.7 Å². The highest BCUT2D eigenvalue weighted by molar-refractivity contribution is 5.97. The van der Waals surface area contributed by atoms with E-state index < -0.39 is 30.8 Å². The van der Waals surface area contributed by atoms with Crippen molar-refractivity contribution in [2.75, 3.05) is 6.61 Å². The van der Waals surface area contributed by atoms with Gasteiger partial charge >= 0.3 is 12.3 Å². The number of ether oxygens (including phenoxy) is 2. The third kappa shape index (κ3) is 4.80. The van der Waals surface area contributed by atoms with Crippen molar-refractivity contribution in [3.63, 3.8) is 0 Å². The number of hydrogen-bond acceptors (Lipinski definition) is 4. The zero-order valence-electron chi connectivity index (χ0n) is 18.1. The van der Waals surface area contributed by atoms with Crippen LogP contribution in [-0.4, -0.2) is 34.5 Å². The fourth-order valence-electron chi connectivity index (χ4n) is 4.63. The second-order valence-corrected chi connectivity index (χ2v) is 8.14. The van der Waals surface area contributed by atoms with Crippen molar-refractivity contribution in [3.05, 3.63) is 59.3 Å². The van der Waals surface area contributed by atoms with Crippen molar-refractivity contribution in [2.24, 2.45) is 5.73 Å². The van der Waals surface area contributed by atoms with E-state index in [9.17, 15) is 22.8 Å². The van der Waals surface area contributed by atoms with E-state index in [1.807, 2.05) is 4.57 Å². The average Bonchev–Trinajstić information content (AvgIpc) is 2.91. The molecule has 0 spiro atoms. The third-order valence-electron chi connectivity index (χ3n) is 5.93. The molecule has 1 amide bonds. The fourth-order valence-corrected chi connectivity index (χ4v) is 4.63. The number of aliphatic carboxylic acids is 1. The van der Waals surface area contributed by atoms with E-state index >= 15 is 0 Å². The fraction of sp³-hybridized carbons (Fsp3) is 0.333. The van der Waals surface area contributed by atoms with Crippen LogP contribution in [0.5, 0.6) is 11.5 Å². The smallest absolute Gasteiger partial charge is 0.481 e. The first-order valence-corrected chi connectivity index (χ1v) is 10.8. The number of benzene rings is 2. The van der Waals surface area contributed by atoms with Crippen molar-refractivity contribution in [3.8, 4) is 11.5 Å². The van der Waals surface area contributed by atoms with Crippen LogP contribution in [-0.2, 0) is 22.6 Å². The first-order chi connectivity index (χ1) is 16.2. The largest absolute Gasteiger partial charge is 0.573 e. The molecule has 0 bridgehead atoms. The summed E-state index contributed by atoms with van der Waals surface area (Å²) in [7, 11) is 0. The molecular formula is C24H23F3N2O5. The van der Waals surface area contributed by atoms with Crippen LogP contribution in [0.1, 0.15) is 42.0 Å². The number of fused-ring (bicyclic) bond motifs is 3. The molecule has 4 rings (SSSR count).